The number of piperidine rings is 1. The summed E-state index contributed by atoms with van der Waals surface area (Å²) in [5.41, 5.74) is 8.85. The number of likely N-dealkylation sites (tertiary alicyclic amines) is 1. The first-order chi connectivity index (χ1) is 10.1. The summed E-state index contributed by atoms with van der Waals surface area (Å²) in [5, 5.41) is 0. The van der Waals surface area contributed by atoms with Gasteiger partial charge in [0.1, 0.15) is 0 Å². The van der Waals surface area contributed by atoms with Crippen LogP contribution in [0.2, 0.25) is 0 Å². The third-order valence-electron chi connectivity index (χ3n) is 4.27. The molecule has 5 heteroatoms. The molecule has 0 spiro atoms. The zero-order valence-electron chi connectivity index (χ0n) is 12.5. The second-order valence-corrected chi connectivity index (χ2v) is 5.92. The monoisotopic (exact) mass is 286 g/mol. The molecule has 0 saturated carbocycles. The molecular formula is C16H22N4O. The lowest BCUT2D eigenvalue weighted by Gasteiger charge is -2.30. The molecule has 0 atom stereocenters. The van der Waals surface area contributed by atoms with Crippen molar-refractivity contribution in [3.05, 3.63) is 40.3 Å². The fourth-order valence-electron chi connectivity index (χ4n) is 2.92. The summed E-state index contributed by atoms with van der Waals surface area (Å²) in [4.78, 5) is 18.7. The molecule has 3 rings (SSSR count). The molecule has 21 heavy (non-hydrogen) atoms. The van der Waals surface area contributed by atoms with Crippen LogP contribution in [0.15, 0.2) is 29.2 Å². The molecule has 1 aliphatic rings. The molecule has 0 aliphatic carbocycles. The number of hydrogen-bond donors (Lipinski definition) is 1. The minimum atomic E-state index is -0.0261. The first kappa shape index (κ1) is 14.2. The Kier molecular flexibility index (Phi) is 4.03. The molecule has 0 amide bonds. The highest BCUT2D eigenvalue weighted by molar-refractivity contribution is 5.75. The molecule has 2 N–H and O–H groups in total. The minimum absolute atomic E-state index is 0.0261. The van der Waals surface area contributed by atoms with E-state index in [1.165, 1.54) is 6.20 Å². The maximum Gasteiger partial charge on any atom is 0.269 e. The van der Waals surface area contributed by atoms with Gasteiger partial charge < -0.3 is 15.2 Å². The second kappa shape index (κ2) is 5.95. The Bertz CT molecular complexity index is 686. The average Bonchev–Trinajstić information content (AvgIpc) is 2.48. The summed E-state index contributed by atoms with van der Waals surface area (Å²) < 4.78 is 1.84. The van der Waals surface area contributed by atoms with Crippen molar-refractivity contribution in [2.45, 2.75) is 32.4 Å². The van der Waals surface area contributed by atoms with Gasteiger partial charge in [0.2, 0.25) is 0 Å². The fraction of sp³-hybridized carbons (Fsp3) is 0.500. The number of nitrogens with zero attached hydrogens (tertiary/aromatic N) is 3. The number of hydrogen-bond acceptors (Lipinski definition) is 4. The van der Waals surface area contributed by atoms with E-state index in [1.54, 1.807) is 0 Å². The van der Waals surface area contributed by atoms with Crippen LogP contribution < -0.4 is 11.3 Å². The van der Waals surface area contributed by atoms with Crippen molar-refractivity contribution in [3.63, 3.8) is 0 Å². The quantitative estimate of drug-likeness (QED) is 0.918. The Morgan fingerprint density at radius 2 is 2.05 bits per heavy atom. The Morgan fingerprint density at radius 1 is 1.29 bits per heavy atom. The van der Waals surface area contributed by atoms with Gasteiger partial charge in [0.05, 0.1) is 17.2 Å². The Hall–Kier alpha value is -1.72. The summed E-state index contributed by atoms with van der Waals surface area (Å²) in [5.74, 6) is 0. The zero-order valence-corrected chi connectivity index (χ0v) is 12.5. The van der Waals surface area contributed by atoms with Gasteiger partial charge in [0, 0.05) is 19.1 Å². The Morgan fingerprint density at radius 3 is 2.81 bits per heavy atom. The highest BCUT2D eigenvalue weighted by Gasteiger charge is 2.16. The molecule has 1 fully saturated rings. The maximum absolute atomic E-state index is 12.1. The molecular weight excluding hydrogens is 264 g/mol. The molecule has 0 unspecified atom stereocenters. The fourth-order valence-corrected chi connectivity index (χ4v) is 2.92. The predicted octanol–water partition coefficient (Wildman–Crippen LogP) is 1.13. The van der Waals surface area contributed by atoms with Gasteiger partial charge in [-0.25, -0.2) is 4.98 Å². The first-order valence-electron chi connectivity index (χ1n) is 7.57. The molecule has 1 aromatic heterocycles. The summed E-state index contributed by atoms with van der Waals surface area (Å²) >= 11 is 0. The molecule has 2 heterocycles. The maximum atomic E-state index is 12.1. The van der Waals surface area contributed by atoms with E-state index in [9.17, 15) is 4.79 Å². The van der Waals surface area contributed by atoms with Crippen LogP contribution in [0.5, 0.6) is 0 Å². The zero-order chi connectivity index (χ0) is 14.8. The van der Waals surface area contributed by atoms with Crippen LogP contribution in [0, 0.1) is 6.92 Å². The molecule has 5 nitrogen and oxygen atoms in total. The van der Waals surface area contributed by atoms with Crippen molar-refractivity contribution >= 4 is 11.0 Å². The van der Waals surface area contributed by atoms with Gasteiger partial charge in [-0.1, -0.05) is 6.07 Å². The molecule has 1 aromatic carbocycles. The standard InChI is InChI=1S/C16H22N4O/c1-12-2-3-14-15(10-12)20(16(21)11-18-14)9-8-19-6-4-13(17)5-7-19/h2-3,10-11,13H,4-9,17H2,1H3. The van der Waals surface area contributed by atoms with E-state index < -0.39 is 0 Å². The van der Waals surface area contributed by atoms with E-state index in [4.69, 9.17) is 5.73 Å². The van der Waals surface area contributed by atoms with E-state index in [1.807, 2.05) is 29.7 Å². The van der Waals surface area contributed by atoms with Gasteiger partial charge in [-0.3, -0.25) is 4.79 Å². The number of aryl methyl sites for hydroxylation is 1. The molecule has 0 bridgehead atoms. The van der Waals surface area contributed by atoms with Crippen LogP contribution in [-0.2, 0) is 6.54 Å². The topological polar surface area (TPSA) is 64.2 Å². The predicted molar refractivity (Wildman–Crippen MR) is 84.4 cm³/mol. The van der Waals surface area contributed by atoms with Gasteiger partial charge in [-0.2, -0.15) is 0 Å². The van der Waals surface area contributed by atoms with Crippen molar-refractivity contribution in [2.24, 2.45) is 5.73 Å². The lowest BCUT2D eigenvalue weighted by Crippen LogP contribution is -2.41. The van der Waals surface area contributed by atoms with Crippen LogP contribution in [0.25, 0.3) is 11.0 Å². The average molecular weight is 286 g/mol. The highest BCUT2D eigenvalue weighted by atomic mass is 16.1. The Balaban J connectivity index is 1.81. The van der Waals surface area contributed by atoms with E-state index in [-0.39, 0.29) is 5.56 Å². The van der Waals surface area contributed by atoms with Crippen LogP contribution in [-0.4, -0.2) is 40.1 Å². The minimum Gasteiger partial charge on any atom is -0.328 e. The van der Waals surface area contributed by atoms with Gasteiger partial charge in [0.15, 0.2) is 0 Å². The third kappa shape index (κ3) is 3.14. The molecule has 2 aromatic rings. The number of benzene rings is 1. The Labute approximate surface area is 124 Å². The summed E-state index contributed by atoms with van der Waals surface area (Å²) in [6.07, 6.45) is 3.51. The van der Waals surface area contributed by atoms with E-state index >= 15 is 0 Å². The third-order valence-corrected chi connectivity index (χ3v) is 4.27. The van der Waals surface area contributed by atoms with Crippen molar-refractivity contribution in [1.82, 2.24) is 14.5 Å². The van der Waals surface area contributed by atoms with E-state index in [0.717, 1.165) is 49.1 Å². The normalized spacial score (nSPS) is 17.4. The molecule has 112 valence electrons. The van der Waals surface area contributed by atoms with Crippen LogP contribution >= 0.6 is 0 Å². The van der Waals surface area contributed by atoms with Crippen LogP contribution in [0.1, 0.15) is 18.4 Å². The van der Waals surface area contributed by atoms with Crippen molar-refractivity contribution in [1.29, 1.82) is 0 Å². The van der Waals surface area contributed by atoms with Gasteiger partial charge in [0.25, 0.3) is 5.56 Å². The van der Waals surface area contributed by atoms with Gasteiger partial charge >= 0.3 is 0 Å². The van der Waals surface area contributed by atoms with Crippen LogP contribution in [0.4, 0.5) is 0 Å². The number of fused-ring (bicyclic) bond motifs is 1. The van der Waals surface area contributed by atoms with Crippen molar-refractivity contribution < 1.29 is 0 Å². The molecule has 1 aliphatic heterocycles. The largest absolute Gasteiger partial charge is 0.328 e. The van der Waals surface area contributed by atoms with Crippen molar-refractivity contribution in [3.8, 4) is 0 Å². The highest BCUT2D eigenvalue weighted by Crippen LogP contribution is 2.13. The smallest absolute Gasteiger partial charge is 0.269 e. The second-order valence-electron chi connectivity index (χ2n) is 5.92. The number of nitrogens with two attached hydrogens (primary N) is 1. The first-order valence-corrected chi connectivity index (χ1v) is 7.57. The molecule has 0 radical (unpaired) electrons. The van der Waals surface area contributed by atoms with Gasteiger partial charge in [-0.05, 0) is 50.6 Å². The van der Waals surface area contributed by atoms with E-state index in [2.05, 4.69) is 9.88 Å². The number of aromatic nitrogens is 2. The SMILES string of the molecule is Cc1ccc2ncc(=O)n(CCN3CCC(N)CC3)c2c1. The molecule has 1 saturated heterocycles. The van der Waals surface area contributed by atoms with Crippen molar-refractivity contribution in [2.75, 3.05) is 19.6 Å². The summed E-state index contributed by atoms with van der Waals surface area (Å²) in [6, 6.07) is 6.38. The number of rotatable bonds is 3. The summed E-state index contributed by atoms with van der Waals surface area (Å²) in [6.45, 7) is 5.68. The van der Waals surface area contributed by atoms with E-state index in [0.29, 0.717) is 12.6 Å². The summed E-state index contributed by atoms with van der Waals surface area (Å²) in [7, 11) is 0. The lowest BCUT2D eigenvalue weighted by molar-refractivity contribution is 0.206. The lowest BCUT2D eigenvalue weighted by atomic mass is 10.1. The van der Waals surface area contributed by atoms with Gasteiger partial charge in [-0.15, -0.1) is 0 Å². The van der Waals surface area contributed by atoms with Crippen LogP contribution in [0.3, 0.4) is 0 Å².